The molecule has 1 aliphatic rings. The first kappa shape index (κ1) is 39.8. The first-order valence-corrected chi connectivity index (χ1v) is 15.8. The van der Waals surface area contributed by atoms with Gasteiger partial charge in [-0.3, -0.25) is 38.8 Å². The fourth-order valence-electron chi connectivity index (χ4n) is 5.03. The van der Waals surface area contributed by atoms with Crippen LogP contribution in [0, 0.1) is 0 Å². The number of ether oxygens (including phenoxy) is 4. The van der Waals surface area contributed by atoms with Crippen LogP contribution in [0.15, 0.2) is 24.3 Å². The Bertz CT molecular complexity index is 1050. The molecule has 1 heterocycles. The van der Waals surface area contributed by atoms with Crippen LogP contribution >= 0.6 is 0 Å². The van der Waals surface area contributed by atoms with Crippen LogP contribution in [0.25, 0.3) is 0 Å². The topological polar surface area (TPSA) is 199 Å². The fourth-order valence-corrected chi connectivity index (χ4v) is 5.03. The third kappa shape index (κ3) is 17.9. The highest BCUT2D eigenvalue weighted by molar-refractivity contribution is 5.74. The van der Waals surface area contributed by atoms with Gasteiger partial charge in [0.15, 0.2) is 0 Å². The lowest BCUT2D eigenvalue weighted by Crippen LogP contribution is -2.52. The zero-order chi connectivity index (χ0) is 34.4. The number of hydrogen-bond acceptors (Lipinski definition) is 12. The zero-order valence-corrected chi connectivity index (χ0v) is 27.2. The molecule has 1 atom stereocenters. The zero-order valence-electron chi connectivity index (χ0n) is 27.2. The van der Waals surface area contributed by atoms with Crippen molar-refractivity contribution in [1.82, 2.24) is 19.6 Å². The van der Waals surface area contributed by atoms with Gasteiger partial charge in [-0.05, 0) is 31.0 Å². The minimum Gasteiger partial charge on any atom is -0.491 e. The second-order valence-corrected chi connectivity index (χ2v) is 11.0. The molecule has 0 radical (unpaired) electrons. The van der Waals surface area contributed by atoms with E-state index in [2.05, 4.69) is 0 Å². The van der Waals surface area contributed by atoms with E-state index in [1.165, 1.54) is 0 Å². The van der Waals surface area contributed by atoms with Gasteiger partial charge in [-0.15, -0.1) is 0 Å². The average molecular weight is 671 g/mol. The summed E-state index contributed by atoms with van der Waals surface area (Å²) in [6.07, 6.45) is 0.159. The first-order valence-electron chi connectivity index (χ1n) is 15.8. The van der Waals surface area contributed by atoms with Gasteiger partial charge in [0.05, 0.1) is 52.7 Å². The standard InChI is InChI=1S/C31H50N4O12/c1-2-44-15-16-45-17-18-46-19-20-47-26-5-3-25(4-6-26)21-27(31(42)43)35-13-11-33(23-29(38)39)9-7-32(22-28(36)37)8-10-34(12-14-35)24-30(40)41/h3-6,27H,2,7-24H2,1H3,(H,36,37)(H,38,39)(H,40,41)(H,42,43)/t27-/m0/s1. The van der Waals surface area contributed by atoms with E-state index in [1.54, 1.807) is 43.9 Å². The molecule has 1 saturated heterocycles. The number of nitrogens with zero attached hydrogens (tertiary/aromatic N) is 4. The van der Waals surface area contributed by atoms with Gasteiger partial charge < -0.3 is 39.4 Å². The molecule has 1 fully saturated rings. The van der Waals surface area contributed by atoms with Crippen LogP contribution in [-0.4, -0.2) is 188 Å². The molecule has 1 aliphatic heterocycles. The molecular formula is C31H50N4O12. The molecule has 16 nitrogen and oxygen atoms in total. The van der Waals surface area contributed by atoms with E-state index in [0.29, 0.717) is 52.0 Å². The van der Waals surface area contributed by atoms with Crippen LogP contribution in [0.2, 0.25) is 0 Å². The van der Waals surface area contributed by atoms with E-state index in [-0.39, 0.29) is 78.4 Å². The summed E-state index contributed by atoms with van der Waals surface area (Å²) in [6, 6.07) is 6.13. The highest BCUT2D eigenvalue weighted by Crippen LogP contribution is 2.16. The number of carboxylic acid groups (broad SMARTS) is 4. The maximum atomic E-state index is 12.6. The van der Waals surface area contributed by atoms with Gasteiger partial charge in [-0.2, -0.15) is 0 Å². The normalized spacial score (nSPS) is 17.0. The molecule has 0 aliphatic carbocycles. The van der Waals surface area contributed by atoms with Crippen LogP contribution in [-0.2, 0) is 39.8 Å². The second kappa shape index (κ2) is 23.0. The number of aliphatic carboxylic acids is 4. The second-order valence-electron chi connectivity index (χ2n) is 11.0. The predicted octanol–water partition coefficient (Wildman–Crippen LogP) is -0.394. The number of carboxylic acids is 4. The largest absolute Gasteiger partial charge is 0.491 e. The van der Waals surface area contributed by atoms with Crippen molar-refractivity contribution < 1.29 is 58.6 Å². The molecule has 0 amide bonds. The van der Waals surface area contributed by atoms with E-state index < -0.39 is 29.9 Å². The van der Waals surface area contributed by atoms with Gasteiger partial charge in [0.1, 0.15) is 18.4 Å². The Morgan fingerprint density at radius 1 is 0.617 bits per heavy atom. The lowest BCUT2D eigenvalue weighted by atomic mass is 10.0. The van der Waals surface area contributed by atoms with Crippen LogP contribution in [0.3, 0.4) is 0 Å². The highest BCUT2D eigenvalue weighted by Gasteiger charge is 2.28. The van der Waals surface area contributed by atoms with Crippen molar-refractivity contribution in [3.8, 4) is 5.75 Å². The fraction of sp³-hybridized carbons (Fsp3) is 0.677. The molecule has 1 aromatic carbocycles. The van der Waals surface area contributed by atoms with Crippen molar-refractivity contribution in [2.45, 2.75) is 19.4 Å². The van der Waals surface area contributed by atoms with Gasteiger partial charge in [0, 0.05) is 59.0 Å². The van der Waals surface area contributed by atoms with Gasteiger partial charge in [0.2, 0.25) is 0 Å². The summed E-state index contributed by atoms with van der Waals surface area (Å²) < 4.78 is 21.8. The maximum Gasteiger partial charge on any atom is 0.321 e. The molecule has 266 valence electrons. The molecule has 0 bridgehead atoms. The quantitative estimate of drug-likeness (QED) is 0.123. The van der Waals surface area contributed by atoms with Gasteiger partial charge in [0.25, 0.3) is 0 Å². The smallest absolute Gasteiger partial charge is 0.321 e. The van der Waals surface area contributed by atoms with Crippen LogP contribution in [0.1, 0.15) is 12.5 Å². The highest BCUT2D eigenvalue weighted by atomic mass is 16.6. The van der Waals surface area contributed by atoms with E-state index in [0.717, 1.165) is 5.56 Å². The third-order valence-electron chi connectivity index (χ3n) is 7.47. The lowest BCUT2D eigenvalue weighted by molar-refractivity contribution is -0.144. The average Bonchev–Trinajstić information content (AvgIpc) is 3.01. The molecule has 47 heavy (non-hydrogen) atoms. The maximum absolute atomic E-state index is 12.6. The van der Waals surface area contributed by atoms with Gasteiger partial charge >= 0.3 is 23.9 Å². The third-order valence-corrected chi connectivity index (χ3v) is 7.47. The van der Waals surface area contributed by atoms with Crippen LogP contribution in [0.4, 0.5) is 0 Å². The summed E-state index contributed by atoms with van der Waals surface area (Å²) in [5.74, 6) is -3.59. The summed E-state index contributed by atoms with van der Waals surface area (Å²) in [5, 5.41) is 38.5. The molecule has 16 heteroatoms. The van der Waals surface area contributed by atoms with Crippen molar-refractivity contribution in [1.29, 1.82) is 0 Å². The van der Waals surface area contributed by atoms with E-state index in [9.17, 15) is 39.6 Å². The minimum absolute atomic E-state index is 0.159. The van der Waals surface area contributed by atoms with Crippen molar-refractivity contribution >= 4 is 23.9 Å². The Hall–Kier alpha value is -3.38. The molecule has 0 saturated carbocycles. The van der Waals surface area contributed by atoms with Crippen molar-refractivity contribution in [2.24, 2.45) is 0 Å². The summed E-state index contributed by atoms with van der Waals surface area (Å²) in [6.45, 7) is 6.30. The summed E-state index contributed by atoms with van der Waals surface area (Å²) in [5.41, 5.74) is 0.755. The summed E-state index contributed by atoms with van der Waals surface area (Å²) in [7, 11) is 0. The monoisotopic (exact) mass is 670 g/mol. The van der Waals surface area contributed by atoms with E-state index in [1.807, 2.05) is 6.92 Å². The van der Waals surface area contributed by atoms with E-state index >= 15 is 0 Å². The predicted molar refractivity (Wildman–Crippen MR) is 169 cm³/mol. The van der Waals surface area contributed by atoms with Gasteiger partial charge in [-0.25, -0.2) is 0 Å². The molecule has 0 spiro atoms. The van der Waals surface area contributed by atoms with Crippen LogP contribution in [0.5, 0.6) is 5.75 Å². The summed E-state index contributed by atoms with van der Waals surface area (Å²) in [4.78, 5) is 53.8. The molecule has 0 aromatic heterocycles. The number of rotatable bonds is 21. The Morgan fingerprint density at radius 3 is 1.43 bits per heavy atom. The van der Waals surface area contributed by atoms with Crippen LogP contribution < -0.4 is 4.74 Å². The van der Waals surface area contributed by atoms with Crippen molar-refractivity contribution in [3.05, 3.63) is 29.8 Å². The Kier molecular flexibility index (Phi) is 19.5. The Balaban J connectivity index is 2.03. The molecule has 2 rings (SSSR count). The number of benzene rings is 1. The van der Waals surface area contributed by atoms with Crippen molar-refractivity contribution in [2.75, 3.05) is 118 Å². The SMILES string of the molecule is CCOCCOCCOCCOc1ccc(C[C@@H](C(=O)O)N2CCN(CC(=O)O)CCN(CC(=O)O)CCN(CC(=O)O)CC2)cc1. The number of carbonyl (C=O) groups is 4. The molecule has 1 aromatic rings. The number of hydrogen-bond donors (Lipinski definition) is 4. The molecule has 0 unspecified atom stereocenters. The lowest BCUT2D eigenvalue weighted by Gasteiger charge is -2.35. The Labute approximate surface area is 275 Å². The van der Waals surface area contributed by atoms with E-state index in [4.69, 9.17) is 18.9 Å². The molecule has 4 N–H and O–H groups in total. The first-order chi connectivity index (χ1) is 22.6. The Morgan fingerprint density at radius 2 is 1.02 bits per heavy atom. The van der Waals surface area contributed by atoms with Crippen molar-refractivity contribution in [3.63, 3.8) is 0 Å². The molecular weight excluding hydrogens is 620 g/mol. The summed E-state index contributed by atoms with van der Waals surface area (Å²) >= 11 is 0. The van der Waals surface area contributed by atoms with Gasteiger partial charge in [-0.1, -0.05) is 12.1 Å². The minimum atomic E-state index is -1.06.